The largest absolute Gasteiger partial charge is 0.406 e. The Morgan fingerprint density at radius 3 is 1.60 bits per heavy atom. The second-order valence-corrected chi connectivity index (χ2v) is 19.6. The first kappa shape index (κ1) is 24.1. The van der Waals surface area contributed by atoms with Gasteiger partial charge in [-0.15, -0.1) is 5.54 Å². The molecule has 0 amide bonds. The van der Waals surface area contributed by atoms with Gasteiger partial charge in [-0.2, -0.15) is 0 Å². The summed E-state index contributed by atoms with van der Waals surface area (Å²) in [6.45, 7) is 25.5. The molecular formula is C22H38OSi2. The minimum atomic E-state index is -1.72. The van der Waals surface area contributed by atoms with Gasteiger partial charge in [-0.05, 0) is 58.4 Å². The van der Waals surface area contributed by atoms with Crippen LogP contribution in [-0.2, 0) is 4.43 Å². The number of hydrogen-bond donors (Lipinski definition) is 0. The van der Waals surface area contributed by atoms with Gasteiger partial charge < -0.3 is 4.43 Å². The smallest absolute Gasteiger partial charge is 0.193 e. The van der Waals surface area contributed by atoms with Crippen molar-refractivity contribution < 1.29 is 4.43 Å². The van der Waals surface area contributed by atoms with Crippen LogP contribution in [0.2, 0.25) is 34.8 Å². The predicted molar refractivity (Wildman–Crippen MR) is 118 cm³/mol. The summed E-state index contributed by atoms with van der Waals surface area (Å²) in [5, 5.41) is 0.213. The van der Waals surface area contributed by atoms with Crippen molar-refractivity contribution in [3.63, 3.8) is 0 Å². The zero-order chi connectivity index (χ0) is 19.9. The predicted octanol–water partition coefficient (Wildman–Crippen LogP) is 6.24. The molecule has 0 heterocycles. The first-order valence-electron chi connectivity index (χ1n) is 9.43. The molecule has 0 bridgehead atoms. The molecule has 0 aliphatic rings. The van der Waals surface area contributed by atoms with E-state index in [4.69, 9.17) is 4.43 Å². The maximum Gasteiger partial charge on any atom is 0.193 e. The van der Waals surface area contributed by atoms with E-state index in [2.05, 4.69) is 111 Å². The van der Waals surface area contributed by atoms with E-state index in [1.807, 2.05) is 0 Å². The fourth-order valence-electron chi connectivity index (χ4n) is 3.15. The van der Waals surface area contributed by atoms with E-state index < -0.39 is 16.4 Å². The van der Waals surface area contributed by atoms with Gasteiger partial charge in [0.05, 0.1) is 6.61 Å². The molecule has 0 saturated carbocycles. The Bertz CT molecular complexity index is 580. The standard InChI is InChI=1S/C22H38OSi2/c1-19(2)25(20(3)4,21(5)6)18-16-14-12-13-15-17-23-24(10,11)22(7,8)9/h19-21H,17H2,1-11H3. The van der Waals surface area contributed by atoms with E-state index in [0.717, 1.165) is 0 Å². The fraction of sp³-hybridized carbons (Fsp3) is 0.727. The molecule has 0 rings (SSSR count). The minimum Gasteiger partial charge on any atom is -0.406 e. The molecule has 0 aromatic carbocycles. The van der Waals surface area contributed by atoms with Gasteiger partial charge in [0.15, 0.2) is 8.32 Å². The average Bonchev–Trinajstić information content (AvgIpc) is 2.43. The summed E-state index contributed by atoms with van der Waals surface area (Å²) in [6, 6.07) is 0. The Morgan fingerprint density at radius 2 is 1.20 bits per heavy atom. The molecule has 0 radical (unpaired) electrons. The van der Waals surface area contributed by atoms with E-state index in [-0.39, 0.29) is 5.04 Å². The highest BCUT2D eigenvalue weighted by Crippen LogP contribution is 2.40. The molecule has 25 heavy (non-hydrogen) atoms. The molecule has 1 nitrogen and oxygen atoms in total. The molecule has 0 saturated heterocycles. The molecule has 0 aromatic heterocycles. The molecule has 0 unspecified atom stereocenters. The van der Waals surface area contributed by atoms with Crippen molar-refractivity contribution in [1.82, 2.24) is 0 Å². The van der Waals surface area contributed by atoms with E-state index in [0.29, 0.717) is 23.2 Å². The van der Waals surface area contributed by atoms with Crippen molar-refractivity contribution in [2.24, 2.45) is 0 Å². The monoisotopic (exact) mass is 374 g/mol. The quantitative estimate of drug-likeness (QED) is 0.409. The highest BCUT2D eigenvalue weighted by atomic mass is 28.4. The first-order valence-corrected chi connectivity index (χ1v) is 14.6. The molecule has 0 aromatic rings. The third-order valence-electron chi connectivity index (χ3n) is 5.73. The van der Waals surface area contributed by atoms with Gasteiger partial charge in [0.2, 0.25) is 0 Å². The van der Waals surface area contributed by atoms with Gasteiger partial charge in [-0.3, -0.25) is 0 Å². The minimum absolute atomic E-state index is 0.213. The maximum absolute atomic E-state index is 6.02. The van der Waals surface area contributed by atoms with Gasteiger partial charge in [-0.25, -0.2) is 0 Å². The third-order valence-corrected chi connectivity index (χ3v) is 16.5. The second kappa shape index (κ2) is 9.68. The Balaban J connectivity index is 4.99. The summed E-state index contributed by atoms with van der Waals surface area (Å²) in [4.78, 5) is 0. The third kappa shape index (κ3) is 6.71. The molecule has 0 atom stereocenters. The van der Waals surface area contributed by atoms with Crippen LogP contribution in [0, 0.1) is 35.1 Å². The molecule has 0 aliphatic carbocycles. The van der Waals surface area contributed by atoms with Crippen LogP contribution >= 0.6 is 0 Å². The van der Waals surface area contributed by atoms with Crippen LogP contribution in [0.25, 0.3) is 0 Å². The Labute approximate surface area is 159 Å². The highest BCUT2D eigenvalue weighted by molar-refractivity contribution is 6.90. The highest BCUT2D eigenvalue weighted by Gasteiger charge is 2.41. The van der Waals surface area contributed by atoms with Crippen LogP contribution in [0.15, 0.2) is 0 Å². The van der Waals surface area contributed by atoms with Crippen LogP contribution < -0.4 is 0 Å². The van der Waals surface area contributed by atoms with Crippen LogP contribution in [-0.4, -0.2) is 23.0 Å². The summed E-state index contributed by atoms with van der Waals surface area (Å²) in [5.74, 6) is 14.8. The summed E-state index contributed by atoms with van der Waals surface area (Å²) in [6.07, 6.45) is 0. The number of hydrogen-bond acceptors (Lipinski definition) is 1. The molecule has 0 spiro atoms. The lowest BCUT2D eigenvalue weighted by atomic mass is 10.2. The van der Waals surface area contributed by atoms with Crippen LogP contribution in [0.3, 0.4) is 0 Å². The summed E-state index contributed by atoms with van der Waals surface area (Å²) >= 11 is 0. The van der Waals surface area contributed by atoms with Gasteiger partial charge in [0, 0.05) is 0 Å². The van der Waals surface area contributed by atoms with Crippen molar-refractivity contribution in [2.75, 3.05) is 6.61 Å². The zero-order valence-electron chi connectivity index (χ0n) is 18.3. The lowest BCUT2D eigenvalue weighted by Crippen LogP contribution is -2.43. The summed E-state index contributed by atoms with van der Waals surface area (Å²) < 4.78 is 6.02. The van der Waals surface area contributed by atoms with Crippen LogP contribution in [0.5, 0.6) is 0 Å². The fourth-order valence-corrected chi connectivity index (χ4v) is 9.16. The SMILES string of the molecule is CC(C)[Si](C#CC#CC#CCO[Si](C)(C)C(C)(C)C)(C(C)C)C(C)C. The Kier molecular flexibility index (Phi) is 9.32. The Hall–Kier alpha value is -0.926. The van der Waals surface area contributed by atoms with Crippen molar-refractivity contribution in [1.29, 1.82) is 0 Å². The lowest BCUT2D eigenvalue weighted by molar-refractivity contribution is 0.334. The first-order chi connectivity index (χ1) is 11.3. The van der Waals surface area contributed by atoms with E-state index >= 15 is 0 Å². The van der Waals surface area contributed by atoms with Gasteiger partial charge in [-0.1, -0.05) is 68.2 Å². The maximum atomic E-state index is 6.02. The van der Waals surface area contributed by atoms with Gasteiger partial charge >= 0.3 is 0 Å². The van der Waals surface area contributed by atoms with Crippen molar-refractivity contribution in [3.05, 3.63) is 0 Å². The number of rotatable bonds is 5. The van der Waals surface area contributed by atoms with Gasteiger partial charge in [0.25, 0.3) is 0 Å². The summed E-state index contributed by atoms with van der Waals surface area (Å²) in [7, 11) is -3.40. The molecule has 0 fully saturated rings. The van der Waals surface area contributed by atoms with Crippen LogP contribution in [0.1, 0.15) is 62.3 Å². The van der Waals surface area contributed by atoms with Crippen molar-refractivity contribution in [2.45, 2.75) is 97.1 Å². The second-order valence-electron chi connectivity index (χ2n) is 9.25. The normalized spacial score (nSPS) is 12.2. The molecule has 3 heteroatoms. The topological polar surface area (TPSA) is 9.23 Å². The van der Waals surface area contributed by atoms with Crippen LogP contribution in [0.4, 0.5) is 0 Å². The van der Waals surface area contributed by atoms with E-state index in [9.17, 15) is 0 Å². The summed E-state index contributed by atoms with van der Waals surface area (Å²) in [5.41, 5.74) is 5.48. The molecule has 0 aliphatic heterocycles. The van der Waals surface area contributed by atoms with Crippen molar-refractivity contribution in [3.8, 4) is 35.1 Å². The molecule has 140 valence electrons. The van der Waals surface area contributed by atoms with Gasteiger partial charge in [0.1, 0.15) is 8.07 Å². The molecule has 0 N–H and O–H groups in total. The average molecular weight is 375 g/mol. The zero-order valence-corrected chi connectivity index (χ0v) is 20.3. The lowest BCUT2D eigenvalue weighted by Gasteiger charge is -2.37. The Morgan fingerprint density at radius 1 is 0.760 bits per heavy atom. The molecular weight excluding hydrogens is 336 g/mol. The van der Waals surface area contributed by atoms with Crippen molar-refractivity contribution >= 4 is 16.4 Å². The van der Waals surface area contributed by atoms with E-state index in [1.165, 1.54) is 0 Å². The van der Waals surface area contributed by atoms with E-state index in [1.54, 1.807) is 0 Å².